The first kappa shape index (κ1) is 9.66. The van der Waals surface area contributed by atoms with Gasteiger partial charge in [-0.05, 0) is 42.9 Å². The molecule has 0 amide bonds. The second kappa shape index (κ2) is 3.35. The van der Waals surface area contributed by atoms with E-state index in [0.29, 0.717) is 12.3 Å². The molecule has 1 aliphatic carbocycles. The lowest BCUT2D eigenvalue weighted by molar-refractivity contribution is 0.00885. The molecular formula is C12H15FO. The molecule has 1 aromatic rings. The van der Waals surface area contributed by atoms with Gasteiger partial charge in [0.15, 0.2) is 0 Å². The quantitative estimate of drug-likeness (QED) is 0.784. The third kappa shape index (κ3) is 1.55. The molecule has 2 rings (SSSR count). The summed E-state index contributed by atoms with van der Waals surface area (Å²) in [5.74, 6) is 0.126. The van der Waals surface area contributed by atoms with E-state index in [1.165, 1.54) is 12.1 Å². The van der Waals surface area contributed by atoms with Crippen LogP contribution in [0.3, 0.4) is 0 Å². The third-order valence-corrected chi connectivity index (χ3v) is 3.14. The summed E-state index contributed by atoms with van der Waals surface area (Å²) in [4.78, 5) is 0. The van der Waals surface area contributed by atoms with Gasteiger partial charge in [0.05, 0.1) is 5.60 Å². The van der Waals surface area contributed by atoms with Crippen molar-refractivity contribution in [3.8, 4) is 0 Å². The van der Waals surface area contributed by atoms with Crippen LogP contribution in [0.5, 0.6) is 0 Å². The van der Waals surface area contributed by atoms with Crippen molar-refractivity contribution >= 4 is 0 Å². The first-order valence-electron chi connectivity index (χ1n) is 5.15. The highest BCUT2D eigenvalue weighted by molar-refractivity contribution is 5.25. The van der Waals surface area contributed by atoms with Crippen LogP contribution in [0.25, 0.3) is 0 Å². The molecule has 1 fully saturated rings. The van der Waals surface area contributed by atoms with Crippen LogP contribution in [-0.2, 0) is 5.60 Å². The minimum atomic E-state index is -0.728. The molecule has 2 heteroatoms. The maximum absolute atomic E-state index is 12.7. The van der Waals surface area contributed by atoms with Gasteiger partial charge in [-0.2, -0.15) is 0 Å². The number of hydrogen-bond donors (Lipinski definition) is 1. The van der Waals surface area contributed by atoms with Gasteiger partial charge in [0.1, 0.15) is 5.82 Å². The highest BCUT2D eigenvalue weighted by Crippen LogP contribution is 2.47. The number of rotatable bonds is 3. The average Bonchev–Trinajstić information content (AvgIpc) is 3.01. The molecule has 0 aromatic heterocycles. The minimum Gasteiger partial charge on any atom is -0.385 e. The van der Waals surface area contributed by atoms with Gasteiger partial charge in [-0.25, -0.2) is 4.39 Å². The molecule has 1 N–H and O–H groups in total. The monoisotopic (exact) mass is 194 g/mol. The van der Waals surface area contributed by atoms with Crippen LogP contribution in [0, 0.1) is 11.7 Å². The Morgan fingerprint density at radius 3 is 2.36 bits per heavy atom. The summed E-state index contributed by atoms with van der Waals surface area (Å²) in [6, 6.07) is 6.21. The smallest absolute Gasteiger partial charge is 0.123 e. The van der Waals surface area contributed by atoms with Crippen molar-refractivity contribution in [1.82, 2.24) is 0 Å². The summed E-state index contributed by atoms with van der Waals surface area (Å²) < 4.78 is 12.7. The fraction of sp³-hybridized carbons (Fsp3) is 0.500. The number of aliphatic hydroxyl groups is 1. The first-order valence-corrected chi connectivity index (χ1v) is 5.15. The van der Waals surface area contributed by atoms with E-state index in [0.717, 1.165) is 18.4 Å². The van der Waals surface area contributed by atoms with E-state index >= 15 is 0 Å². The molecule has 0 heterocycles. The van der Waals surface area contributed by atoms with Crippen LogP contribution in [-0.4, -0.2) is 5.11 Å². The van der Waals surface area contributed by atoms with E-state index in [4.69, 9.17) is 0 Å². The van der Waals surface area contributed by atoms with Crippen molar-refractivity contribution in [2.24, 2.45) is 5.92 Å². The highest BCUT2D eigenvalue weighted by Gasteiger charge is 2.43. The average molecular weight is 194 g/mol. The molecule has 0 spiro atoms. The van der Waals surface area contributed by atoms with Crippen molar-refractivity contribution in [3.63, 3.8) is 0 Å². The maximum atomic E-state index is 12.7. The normalized spacial score (nSPS) is 20.5. The lowest BCUT2D eigenvalue weighted by Crippen LogP contribution is -2.27. The SMILES string of the molecule is CCC(O)(c1ccc(F)cc1)C1CC1. The van der Waals surface area contributed by atoms with Crippen LogP contribution >= 0.6 is 0 Å². The topological polar surface area (TPSA) is 20.2 Å². The Labute approximate surface area is 83.6 Å². The minimum absolute atomic E-state index is 0.247. The van der Waals surface area contributed by atoms with E-state index in [1.54, 1.807) is 12.1 Å². The Morgan fingerprint density at radius 2 is 1.93 bits per heavy atom. The van der Waals surface area contributed by atoms with Gasteiger partial charge in [-0.3, -0.25) is 0 Å². The summed E-state index contributed by atoms with van der Waals surface area (Å²) in [5.41, 5.74) is 0.122. The molecule has 1 saturated carbocycles. The number of halogens is 1. The lowest BCUT2D eigenvalue weighted by atomic mass is 9.86. The molecule has 0 bridgehead atoms. The molecule has 76 valence electrons. The van der Waals surface area contributed by atoms with Crippen LogP contribution < -0.4 is 0 Å². The van der Waals surface area contributed by atoms with Crippen LogP contribution in [0.1, 0.15) is 31.7 Å². The molecule has 1 aromatic carbocycles. The molecule has 0 aliphatic heterocycles. The summed E-state index contributed by atoms with van der Waals surface area (Å²) in [6.45, 7) is 1.97. The van der Waals surface area contributed by atoms with Gasteiger partial charge in [0.25, 0.3) is 0 Å². The predicted octanol–water partition coefficient (Wildman–Crippen LogP) is 2.83. The summed E-state index contributed by atoms with van der Waals surface area (Å²) >= 11 is 0. The van der Waals surface area contributed by atoms with Crippen LogP contribution in [0.15, 0.2) is 24.3 Å². The molecule has 0 radical (unpaired) electrons. The largest absolute Gasteiger partial charge is 0.385 e. The van der Waals surface area contributed by atoms with Gasteiger partial charge in [0.2, 0.25) is 0 Å². The summed E-state index contributed by atoms with van der Waals surface area (Å²) in [6.07, 6.45) is 2.87. The van der Waals surface area contributed by atoms with E-state index in [9.17, 15) is 9.50 Å². The van der Waals surface area contributed by atoms with Crippen molar-refractivity contribution in [1.29, 1.82) is 0 Å². The second-order valence-corrected chi connectivity index (χ2v) is 4.06. The Hall–Kier alpha value is -0.890. The zero-order valence-electron chi connectivity index (χ0n) is 8.33. The van der Waals surface area contributed by atoms with Crippen LogP contribution in [0.2, 0.25) is 0 Å². The van der Waals surface area contributed by atoms with Crippen molar-refractivity contribution in [2.75, 3.05) is 0 Å². The molecule has 14 heavy (non-hydrogen) atoms. The Bertz CT molecular complexity index is 316. The van der Waals surface area contributed by atoms with Crippen molar-refractivity contribution in [2.45, 2.75) is 31.8 Å². The molecule has 1 nitrogen and oxygen atoms in total. The van der Waals surface area contributed by atoms with E-state index < -0.39 is 5.60 Å². The maximum Gasteiger partial charge on any atom is 0.123 e. The molecule has 1 atom stereocenters. The van der Waals surface area contributed by atoms with E-state index in [-0.39, 0.29) is 5.82 Å². The predicted molar refractivity (Wildman–Crippen MR) is 53.3 cm³/mol. The van der Waals surface area contributed by atoms with Gasteiger partial charge >= 0.3 is 0 Å². The van der Waals surface area contributed by atoms with Gasteiger partial charge in [0, 0.05) is 0 Å². The second-order valence-electron chi connectivity index (χ2n) is 4.06. The Balaban J connectivity index is 2.31. The fourth-order valence-corrected chi connectivity index (χ4v) is 2.03. The Morgan fingerprint density at radius 1 is 1.36 bits per heavy atom. The highest BCUT2D eigenvalue weighted by atomic mass is 19.1. The van der Waals surface area contributed by atoms with Gasteiger partial charge in [-0.15, -0.1) is 0 Å². The summed E-state index contributed by atoms with van der Waals surface area (Å²) in [5, 5.41) is 10.4. The van der Waals surface area contributed by atoms with E-state index in [2.05, 4.69) is 0 Å². The lowest BCUT2D eigenvalue weighted by Gasteiger charge is -2.27. The fourth-order valence-electron chi connectivity index (χ4n) is 2.03. The van der Waals surface area contributed by atoms with Gasteiger partial charge in [-0.1, -0.05) is 19.1 Å². The first-order chi connectivity index (χ1) is 6.66. The van der Waals surface area contributed by atoms with E-state index in [1.807, 2.05) is 6.92 Å². The number of hydrogen-bond acceptors (Lipinski definition) is 1. The molecule has 0 saturated heterocycles. The van der Waals surface area contributed by atoms with Crippen molar-refractivity contribution in [3.05, 3.63) is 35.6 Å². The molecule has 1 unspecified atom stereocenters. The molecular weight excluding hydrogens is 179 g/mol. The molecule has 1 aliphatic rings. The Kier molecular flexibility index (Phi) is 2.31. The summed E-state index contributed by atoms with van der Waals surface area (Å²) in [7, 11) is 0. The zero-order valence-corrected chi connectivity index (χ0v) is 8.33. The van der Waals surface area contributed by atoms with Gasteiger partial charge < -0.3 is 5.11 Å². The number of benzene rings is 1. The van der Waals surface area contributed by atoms with Crippen molar-refractivity contribution < 1.29 is 9.50 Å². The standard InChI is InChI=1S/C12H15FO/c1-2-12(14,9-3-4-9)10-5-7-11(13)8-6-10/h5-9,14H,2-4H2,1H3. The third-order valence-electron chi connectivity index (χ3n) is 3.14. The van der Waals surface area contributed by atoms with Crippen LogP contribution in [0.4, 0.5) is 4.39 Å². The zero-order chi connectivity index (χ0) is 10.2.